The van der Waals surface area contributed by atoms with Crippen molar-refractivity contribution in [1.29, 1.82) is 0 Å². The van der Waals surface area contributed by atoms with Crippen molar-refractivity contribution in [2.24, 2.45) is 0 Å². The average Bonchev–Trinajstić information content (AvgIpc) is 3.05. The van der Waals surface area contributed by atoms with Gasteiger partial charge in [-0.15, -0.1) is 0 Å². The fourth-order valence-corrected chi connectivity index (χ4v) is 4.34. The van der Waals surface area contributed by atoms with Crippen LogP contribution in [0.1, 0.15) is 54.4 Å². The first-order chi connectivity index (χ1) is 16.0. The van der Waals surface area contributed by atoms with Crippen molar-refractivity contribution in [3.05, 3.63) is 59.9 Å². The maximum absolute atomic E-state index is 12.8. The number of anilines is 1. The summed E-state index contributed by atoms with van der Waals surface area (Å²) in [5, 5.41) is 8.48. The Hall–Kier alpha value is -3.75. The minimum Gasteiger partial charge on any atom is -0.352 e. The van der Waals surface area contributed by atoms with E-state index in [1.807, 2.05) is 6.07 Å². The van der Waals surface area contributed by atoms with E-state index in [1.165, 1.54) is 4.90 Å². The van der Waals surface area contributed by atoms with Crippen LogP contribution < -0.4 is 16.0 Å². The van der Waals surface area contributed by atoms with Gasteiger partial charge in [0.2, 0.25) is 5.91 Å². The summed E-state index contributed by atoms with van der Waals surface area (Å²) in [6.45, 7) is 0.322. The van der Waals surface area contributed by atoms with Gasteiger partial charge in [-0.1, -0.05) is 31.4 Å². The van der Waals surface area contributed by atoms with E-state index in [0.29, 0.717) is 24.1 Å². The Bertz CT molecular complexity index is 1050. The van der Waals surface area contributed by atoms with Gasteiger partial charge in [0, 0.05) is 43.2 Å². The number of rotatable bonds is 7. The SMILES string of the molecule is O=C(CCN1C(=O)NC2(CCCCC2)C1=O)NCc1cccc(NC(=O)c2ccncc2)c1. The molecule has 2 aliphatic rings. The zero-order valence-electron chi connectivity index (χ0n) is 18.3. The number of hydrogen-bond donors (Lipinski definition) is 3. The molecule has 2 heterocycles. The van der Waals surface area contributed by atoms with Crippen molar-refractivity contribution >= 4 is 29.4 Å². The van der Waals surface area contributed by atoms with Crippen LogP contribution in [0.2, 0.25) is 0 Å². The van der Waals surface area contributed by atoms with E-state index < -0.39 is 11.6 Å². The van der Waals surface area contributed by atoms with Gasteiger partial charge in [-0.25, -0.2) is 4.79 Å². The molecule has 9 nitrogen and oxygen atoms in total. The fourth-order valence-electron chi connectivity index (χ4n) is 4.34. The maximum atomic E-state index is 12.8. The number of nitrogens with zero attached hydrogens (tertiary/aromatic N) is 2. The van der Waals surface area contributed by atoms with E-state index in [-0.39, 0.29) is 37.2 Å². The smallest absolute Gasteiger partial charge is 0.325 e. The van der Waals surface area contributed by atoms with Crippen molar-refractivity contribution < 1.29 is 19.2 Å². The largest absolute Gasteiger partial charge is 0.352 e. The standard InChI is InChI=1S/C24H27N5O4/c30-20(9-14-29-22(32)24(28-23(29)33)10-2-1-3-11-24)26-16-17-5-4-6-19(15-17)27-21(31)18-7-12-25-13-8-18/h4-8,12-13,15H,1-3,9-11,14,16H2,(H,26,30)(H,27,31)(H,28,33). The molecule has 1 spiro atoms. The third-order valence-electron chi connectivity index (χ3n) is 6.13. The van der Waals surface area contributed by atoms with Gasteiger partial charge >= 0.3 is 6.03 Å². The first-order valence-corrected chi connectivity index (χ1v) is 11.2. The zero-order chi connectivity index (χ0) is 23.3. The Labute approximate surface area is 191 Å². The van der Waals surface area contributed by atoms with E-state index >= 15 is 0 Å². The third kappa shape index (κ3) is 5.19. The highest BCUT2D eigenvalue weighted by Gasteiger charge is 2.51. The van der Waals surface area contributed by atoms with Crippen LogP contribution in [-0.2, 0) is 16.1 Å². The van der Waals surface area contributed by atoms with E-state index in [1.54, 1.807) is 42.7 Å². The molecule has 172 valence electrons. The van der Waals surface area contributed by atoms with E-state index in [4.69, 9.17) is 0 Å². The average molecular weight is 450 g/mol. The second-order valence-corrected chi connectivity index (χ2v) is 8.45. The molecule has 5 amide bonds. The summed E-state index contributed by atoms with van der Waals surface area (Å²) >= 11 is 0. The number of aromatic nitrogens is 1. The Balaban J connectivity index is 1.26. The molecule has 3 N–H and O–H groups in total. The molecule has 33 heavy (non-hydrogen) atoms. The van der Waals surface area contributed by atoms with Gasteiger partial charge in [-0.3, -0.25) is 24.3 Å². The van der Waals surface area contributed by atoms with Gasteiger partial charge < -0.3 is 16.0 Å². The molecule has 4 rings (SSSR count). The van der Waals surface area contributed by atoms with Gasteiger partial charge in [0.1, 0.15) is 5.54 Å². The van der Waals surface area contributed by atoms with Gasteiger partial charge in [0.05, 0.1) is 0 Å². The van der Waals surface area contributed by atoms with E-state index in [9.17, 15) is 19.2 Å². The molecule has 2 fully saturated rings. The summed E-state index contributed by atoms with van der Waals surface area (Å²) in [6, 6.07) is 10.0. The summed E-state index contributed by atoms with van der Waals surface area (Å²) in [7, 11) is 0. The Morgan fingerprint density at radius 1 is 1.06 bits per heavy atom. The molecule has 9 heteroatoms. The summed E-state index contributed by atoms with van der Waals surface area (Å²) < 4.78 is 0. The summed E-state index contributed by atoms with van der Waals surface area (Å²) in [5.74, 6) is -0.716. The fraction of sp³-hybridized carbons (Fsp3) is 0.375. The first kappa shape index (κ1) is 22.4. The van der Waals surface area contributed by atoms with Crippen LogP contribution in [0.4, 0.5) is 10.5 Å². The number of carbonyl (C=O) groups excluding carboxylic acids is 4. The highest BCUT2D eigenvalue weighted by atomic mass is 16.2. The van der Waals surface area contributed by atoms with Gasteiger partial charge in [-0.05, 0) is 42.7 Å². The summed E-state index contributed by atoms with van der Waals surface area (Å²) in [4.78, 5) is 54.8. The predicted molar refractivity (Wildman–Crippen MR) is 121 cm³/mol. The highest BCUT2D eigenvalue weighted by Crippen LogP contribution is 2.33. The number of pyridine rings is 1. The predicted octanol–water partition coefficient (Wildman–Crippen LogP) is 2.59. The molecule has 1 aromatic heterocycles. The van der Waals surface area contributed by atoms with Crippen LogP contribution in [0.15, 0.2) is 48.8 Å². The van der Waals surface area contributed by atoms with Crippen LogP contribution >= 0.6 is 0 Å². The quantitative estimate of drug-likeness (QED) is 0.561. The molecular weight excluding hydrogens is 422 g/mol. The number of nitrogens with one attached hydrogen (secondary N) is 3. The van der Waals surface area contributed by atoms with Gasteiger partial charge in [0.25, 0.3) is 11.8 Å². The molecule has 1 aliphatic heterocycles. The summed E-state index contributed by atoms with van der Waals surface area (Å²) in [6.07, 6.45) is 7.37. The molecule has 0 atom stereocenters. The topological polar surface area (TPSA) is 121 Å². The second kappa shape index (κ2) is 9.81. The van der Waals surface area contributed by atoms with Gasteiger partial charge in [0.15, 0.2) is 0 Å². The van der Waals surface area contributed by atoms with Crippen molar-refractivity contribution in [3.63, 3.8) is 0 Å². The van der Waals surface area contributed by atoms with Crippen molar-refractivity contribution in [2.45, 2.75) is 50.6 Å². The van der Waals surface area contributed by atoms with Gasteiger partial charge in [-0.2, -0.15) is 0 Å². The van der Waals surface area contributed by atoms with Crippen LogP contribution in [0, 0.1) is 0 Å². The lowest BCUT2D eigenvalue weighted by Crippen LogP contribution is -2.48. The number of hydrogen-bond acceptors (Lipinski definition) is 5. The van der Waals surface area contributed by atoms with Crippen LogP contribution in [-0.4, -0.2) is 45.7 Å². The minimum atomic E-state index is -0.771. The van der Waals surface area contributed by atoms with Crippen LogP contribution in [0.25, 0.3) is 0 Å². The minimum absolute atomic E-state index is 0.0354. The maximum Gasteiger partial charge on any atom is 0.325 e. The van der Waals surface area contributed by atoms with Crippen molar-refractivity contribution in [1.82, 2.24) is 20.5 Å². The molecule has 0 unspecified atom stereocenters. The third-order valence-corrected chi connectivity index (χ3v) is 6.13. The lowest BCUT2D eigenvalue weighted by molar-refractivity contribution is -0.132. The number of amides is 5. The molecule has 1 saturated carbocycles. The highest BCUT2D eigenvalue weighted by molar-refractivity contribution is 6.07. The van der Waals surface area contributed by atoms with E-state index in [0.717, 1.165) is 24.8 Å². The molecule has 1 aliphatic carbocycles. The van der Waals surface area contributed by atoms with E-state index in [2.05, 4.69) is 20.9 Å². The number of urea groups is 1. The van der Waals surface area contributed by atoms with Crippen molar-refractivity contribution in [3.8, 4) is 0 Å². The summed E-state index contributed by atoms with van der Waals surface area (Å²) in [5.41, 5.74) is 1.15. The number of carbonyl (C=O) groups is 4. The van der Waals surface area contributed by atoms with Crippen LogP contribution in [0.5, 0.6) is 0 Å². The lowest BCUT2D eigenvalue weighted by Gasteiger charge is -2.30. The monoisotopic (exact) mass is 449 g/mol. The molecule has 2 aromatic rings. The Morgan fingerprint density at radius 2 is 1.82 bits per heavy atom. The number of benzene rings is 1. The normalized spacial score (nSPS) is 17.0. The molecule has 0 radical (unpaired) electrons. The van der Waals surface area contributed by atoms with Crippen LogP contribution in [0.3, 0.4) is 0 Å². The Morgan fingerprint density at radius 3 is 2.58 bits per heavy atom. The molecule has 1 saturated heterocycles. The first-order valence-electron chi connectivity index (χ1n) is 11.2. The Kier molecular flexibility index (Phi) is 6.67. The molecule has 0 bridgehead atoms. The lowest BCUT2D eigenvalue weighted by atomic mass is 9.82. The molecular formula is C24H27N5O4. The second-order valence-electron chi connectivity index (χ2n) is 8.45. The molecule has 1 aromatic carbocycles. The number of imide groups is 1. The van der Waals surface area contributed by atoms with Crippen molar-refractivity contribution in [2.75, 3.05) is 11.9 Å². The zero-order valence-corrected chi connectivity index (χ0v) is 18.3.